The van der Waals surface area contributed by atoms with E-state index in [0.29, 0.717) is 0 Å². The Morgan fingerprint density at radius 1 is 0.931 bits per heavy atom. The van der Waals surface area contributed by atoms with Gasteiger partial charge >= 0.3 is 5.97 Å². The maximum absolute atomic E-state index is 12.3. The molecule has 2 aromatic carbocycles. The van der Waals surface area contributed by atoms with Gasteiger partial charge in [0.25, 0.3) is 0 Å². The van der Waals surface area contributed by atoms with Crippen LogP contribution in [0.2, 0.25) is 0 Å². The second kappa shape index (κ2) is 11.7. The molecule has 0 fully saturated rings. The van der Waals surface area contributed by atoms with E-state index in [1.807, 2.05) is 25.1 Å². The molecule has 7 heteroatoms. The summed E-state index contributed by atoms with van der Waals surface area (Å²) in [6.45, 7) is 3.64. The number of benzene rings is 2. The molecule has 0 heterocycles. The monoisotopic (exact) mass is 431 g/mol. The van der Waals surface area contributed by atoms with Gasteiger partial charge in [0, 0.05) is 5.25 Å². The molecular formula is C22H25NO4S2. The lowest BCUT2D eigenvalue weighted by Crippen LogP contribution is -2.39. The normalized spacial score (nSPS) is 12.8. The van der Waals surface area contributed by atoms with E-state index in [2.05, 4.69) is 41.7 Å². The van der Waals surface area contributed by atoms with Gasteiger partial charge in [-0.05, 0) is 30.0 Å². The second-order valence-electron chi connectivity index (χ2n) is 6.69. The van der Waals surface area contributed by atoms with Crippen molar-refractivity contribution >= 4 is 40.5 Å². The van der Waals surface area contributed by atoms with E-state index in [4.69, 9.17) is 5.11 Å². The van der Waals surface area contributed by atoms with Crippen molar-refractivity contribution in [3.05, 3.63) is 60.2 Å². The summed E-state index contributed by atoms with van der Waals surface area (Å²) >= 11 is 2.23. The summed E-state index contributed by atoms with van der Waals surface area (Å²) in [5.41, 5.74) is 3.48. The van der Waals surface area contributed by atoms with Crippen LogP contribution in [0.4, 0.5) is 0 Å². The zero-order valence-electron chi connectivity index (χ0n) is 16.5. The molecule has 0 saturated carbocycles. The van der Waals surface area contributed by atoms with Crippen molar-refractivity contribution in [2.75, 3.05) is 11.5 Å². The first-order valence-corrected chi connectivity index (χ1v) is 11.3. The molecule has 0 radical (unpaired) electrons. The minimum Gasteiger partial charge on any atom is -0.481 e. The number of amides is 1. The van der Waals surface area contributed by atoms with Gasteiger partial charge in [-0.2, -0.15) is 0 Å². The molecule has 0 unspecified atom stereocenters. The van der Waals surface area contributed by atoms with Crippen molar-refractivity contribution in [2.45, 2.75) is 31.6 Å². The average molecular weight is 432 g/mol. The highest BCUT2D eigenvalue weighted by Crippen LogP contribution is 2.22. The number of hydrogen-bond acceptors (Lipinski definition) is 5. The predicted molar refractivity (Wildman–Crippen MR) is 120 cm³/mol. The number of nitrogens with one attached hydrogen (secondary N) is 1. The molecule has 0 spiro atoms. The highest BCUT2D eigenvalue weighted by Gasteiger charge is 2.19. The molecule has 0 aromatic heterocycles. The number of aliphatic carboxylic acids is 1. The summed E-state index contributed by atoms with van der Waals surface area (Å²) < 4.78 is 0. The van der Waals surface area contributed by atoms with Crippen LogP contribution < -0.4 is 5.32 Å². The van der Waals surface area contributed by atoms with Gasteiger partial charge in [0.05, 0.1) is 17.5 Å². The Bertz CT molecular complexity index is 824. The minimum absolute atomic E-state index is 0.0257. The number of carboxylic acids is 1. The molecule has 0 aliphatic rings. The lowest BCUT2D eigenvalue weighted by atomic mass is 10.0. The highest BCUT2D eigenvalue weighted by atomic mass is 32.2. The smallest absolute Gasteiger partial charge is 0.313 e. The largest absolute Gasteiger partial charge is 0.481 e. The molecular weight excluding hydrogens is 406 g/mol. The molecule has 2 rings (SSSR count). The molecule has 0 bridgehead atoms. The Kier molecular flexibility index (Phi) is 9.28. The molecule has 0 aliphatic heterocycles. The Labute approximate surface area is 179 Å². The van der Waals surface area contributed by atoms with Crippen LogP contribution in [0.5, 0.6) is 0 Å². The van der Waals surface area contributed by atoms with E-state index < -0.39 is 12.0 Å². The van der Waals surface area contributed by atoms with E-state index in [-0.39, 0.29) is 27.8 Å². The SMILES string of the molecule is C[C@@H](Cc1ccc(-c2ccccc2)cc1)SC(=O)[C@@H](C)NC(=O)CSCC(=O)O. The summed E-state index contributed by atoms with van der Waals surface area (Å²) in [5.74, 6) is -1.40. The molecule has 2 aromatic rings. The van der Waals surface area contributed by atoms with Crippen molar-refractivity contribution < 1.29 is 19.5 Å². The number of carbonyl (C=O) groups excluding carboxylic acids is 2. The molecule has 29 heavy (non-hydrogen) atoms. The van der Waals surface area contributed by atoms with Crippen LogP contribution >= 0.6 is 23.5 Å². The first-order valence-electron chi connectivity index (χ1n) is 9.29. The first kappa shape index (κ1) is 23.0. The summed E-state index contributed by atoms with van der Waals surface area (Å²) in [5, 5.41) is 11.2. The van der Waals surface area contributed by atoms with Crippen LogP contribution in [0, 0.1) is 0 Å². The van der Waals surface area contributed by atoms with Gasteiger partial charge in [0.2, 0.25) is 11.0 Å². The van der Waals surface area contributed by atoms with Crippen LogP contribution in [0.15, 0.2) is 54.6 Å². The molecule has 154 valence electrons. The van der Waals surface area contributed by atoms with Crippen molar-refractivity contribution in [3.63, 3.8) is 0 Å². The second-order valence-corrected chi connectivity index (χ2v) is 9.12. The lowest BCUT2D eigenvalue weighted by molar-refractivity contribution is -0.133. The molecule has 1 amide bonds. The van der Waals surface area contributed by atoms with Crippen molar-refractivity contribution in [1.82, 2.24) is 5.32 Å². The molecule has 0 aliphatic carbocycles. The van der Waals surface area contributed by atoms with E-state index in [1.54, 1.807) is 6.92 Å². The van der Waals surface area contributed by atoms with Crippen LogP contribution in [-0.2, 0) is 20.8 Å². The molecule has 5 nitrogen and oxygen atoms in total. The van der Waals surface area contributed by atoms with Gasteiger partial charge in [0.15, 0.2) is 0 Å². The zero-order valence-corrected chi connectivity index (χ0v) is 18.1. The Balaban J connectivity index is 1.79. The van der Waals surface area contributed by atoms with Gasteiger partial charge in [0.1, 0.15) is 0 Å². The van der Waals surface area contributed by atoms with Gasteiger partial charge in [-0.1, -0.05) is 73.3 Å². The van der Waals surface area contributed by atoms with Gasteiger partial charge < -0.3 is 10.4 Å². The summed E-state index contributed by atoms with van der Waals surface area (Å²) in [4.78, 5) is 34.6. The van der Waals surface area contributed by atoms with Crippen molar-refractivity contribution in [1.29, 1.82) is 0 Å². The fourth-order valence-corrected chi connectivity index (χ4v) is 4.19. The van der Waals surface area contributed by atoms with Crippen LogP contribution in [0.3, 0.4) is 0 Å². The fraction of sp³-hybridized carbons (Fsp3) is 0.318. The third-order valence-electron chi connectivity index (χ3n) is 4.09. The number of rotatable bonds is 10. The number of thioether (sulfide) groups is 2. The summed E-state index contributed by atoms with van der Waals surface area (Å²) in [6.07, 6.45) is 0.751. The number of carboxylic acid groups (broad SMARTS) is 1. The van der Waals surface area contributed by atoms with Crippen LogP contribution in [-0.4, -0.2) is 44.9 Å². The van der Waals surface area contributed by atoms with Crippen LogP contribution in [0.25, 0.3) is 11.1 Å². The van der Waals surface area contributed by atoms with Gasteiger partial charge in [-0.25, -0.2) is 0 Å². The van der Waals surface area contributed by atoms with E-state index >= 15 is 0 Å². The lowest BCUT2D eigenvalue weighted by Gasteiger charge is -2.16. The third-order valence-corrected chi connectivity index (χ3v) is 6.16. The Morgan fingerprint density at radius 2 is 1.55 bits per heavy atom. The van der Waals surface area contributed by atoms with Gasteiger partial charge in [-0.3, -0.25) is 14.4 Å². The van der Waals surface area contributed by atoms with Gasteiger partial charge in [-0.15, -0.1) is 11.8 Å². The minimum atomic E-state index is -0.965. The molecule has 2 N–H and O–H groups in total. The Morgan fingerprint density at radius 3 is 2.17 bits per heavy atom. The van der Waals surface area contributed by atoms with E-state index in [9.17, 15) is 14.4 Å². The number of hydrogen-bond donors (Lipinski definition) is 2. The first-order chi connectivity index (χ1) is 13.8. The maximum Gasteiger partial charge on any atom is 0.313 e. The topological polar surface area (TPSA) is 83.5 Å². The molecule has 2 atom stereocenters. The standard InChI is InChI=1S/C22H25NO4S2/c1-15(29-22(27)16(2)23-20(24)13-28-14-21(25)26)12-17-8-10-19(11-9-17)18-6-4-3-5-7-18/h3-11,15-16H,12-14H2,1-2H3,(H,23,24)(H,25,26)/t15-,16+/m0/s1. The van der Waals surface area contributed by atoms with Crippen molar-refractivity contribution in [3.8, 4) is 11.1 Å². The predicted octanol–water partition coefficient (Wildman–Crippen LogP) is 3.87. The van der Waals surface area contributed by atoms with E-state index in [1.165, 1.54) is 17.3 Å². The maximum atomic E-state index is 12.3. The highest BCUT2D eigenvalue weighted by molar-refractivity contribution is 8.14. The number of carbonyl (C=O) groups is 3. The summed E-state index contributed by atoms with van der Waals surface area (Å²) in [6, 6.07) is 17.9. The zero-order chi connectivity index (χ0) is 21.2. The quantitative estimate of drug-likeness (QED) is 0.594. The summed E-state index contributed by atoms with van der Waals surface area (Å²) in [7, 11) is 0. The van der Waals surface area contributed by atoms with Crippen molar-refractivity contribution in [2.24, 2.45) is 0 Å². The third kappa shape index (κ3) is 8.33. The average Bonchev–Trinajstić information content (AvgIpc) is 2.68. The Hall–Kier alpha value is -2.25. The molecule has 0 saturated heterocycles. The fourth-order valence-electron chi connectivity index (χ4n) is 2.71. The van der Waals surface area contributed by atoms with Crippen LogP contribution in [0.1, 0.15) is 19.4 Å². The van der Waals surface area contributed by atoms with E-state index in [0.717, 1.165) is 29.3 Å².